The predicted molar refractivity (Wildman–Crippen MR) is 85.7 cm³/mol. The molecule has 5 heteroatoms. The molecule has 0 saturated heterocycles. The molecular weight excluding hydrogens is 284 g/mol. The molecule has 1 heterocycles. The first-order valence-electron chi connectivity index (χ1n) is 6.86. The van der Waals surface area contributed by atoms with Crippen molar-refractivity contribution in [2.75, 3.05) is 13.1 Å². The number of nitrogens with zero attached hydrogens (tertiary/aromatic N) is 2. The lowest BCUT2D eigenvalue weighted by Crippen LogP contribution is -2.32. The minimum absolute atomic E-state index is 0.305. The van der Waals surface area contributed by atoms with E-state index in [2.05, 4.69) is 11.6 Å². The van der Waals surface area contributed by atoms with E-state index >= 15 is 0 Å². The maximum atomic E-state index is 12.9. The molecule has 2 rings (SSSR count). The molecule has 0 spiro atoms. The van der Waals surface area contributed by atoms with E-state index in [4.69, 9.17) is 0 Å². The highest BCUT2D eigenvalue weighted by Gasteiger charge is 2.25. The quantitative estimate of drug-likeness (QED) is 0.797. The second-order valence-corrected chi connectivity index (χ2v) is 7.07. The van der Waals surface area contributed by atoms with Crippen molar-refractivity contribution in [1.29, 1.82) is 0 Å². The predicted octanol–water partition coefficient (Wildman–Crippen LogP) is 3.13. The number of hydrogen-bond acceptors (Lipinski definition) is 3. The third-order valence-electron chi connectivity index (χ3n) is 3.35. The number of hydrogen-bond donors (Lipinski definition) is 0. The molecule has 2 aromatic rings. The fourth-order valence-electron chi connectivity index (χ4n) is 2.32. The van der Waals surface area contributed by atoms with Crippen LogP contribution in [-0.2, 0) is 10.0 Å². The second kappa shape index (κ2) is 5.95. The van der Waals surface area contributed by atoms with E-state index in [-0.39, 0.29) is 0 Å². The van der Waals surface area contributed by atoms with Crippen LogP contribution >= 0.6 is 0 Å². The molecule has 112 valence electrons. The van der Waals surface area contributed by atoms with Crippen LogP contribution in [0.3, 0.4) is 0 Å². The summed E-state index contributed by atoms with van der Waals surface area (Å²) < 4.78 is 27.2. The van der Waals surface area contributed by atoms with Crippen LogP contribution in [0.5, 0.6) is 0 Å². The Morgan fingerprint density at radius 3 is 2.67 bits per heavy atom. The number of rotatable bonds is 5. The highest BCUT2D eigenvalue weighted by atomic mass is 32.2. The first-order chi connectivity index (χ1) is 9.87. The standard InChI is InChI=1S/C16H20N2O2S/c1-5-18(11-12(2)3)21(19,20)15-9-8-13(4)16-14(15)7-6-10-17-16/h6-10H,2,5,11H2,1,3-4H3. The molecule has 0 amide bonds. The summed E-state index contributed by atoms with van der Waals surface area (Å²) in [6, 6.07) is 7.03. The zero-order valence-electron chi connectivity index (χ0n) is 12.6. The first kappa shape index (κ1) is 15.7. The van der Waals surface area contributed by atoms with E-state index < -0.39 is 10.0 Å². The molecule has 0 radical (unpaired) electrons. The van der Waals surface area contributed by atoms with E-state index in [0.29, 0.717) is 23.4 Å². The molecule has 0 bridgehead atoms. The van der Waals surface area contributed by atoms with Gasteiger partial charge in [-0.25, -0.2) is 8.42 Å². The zero-order valence-corrected chi connectivity index (χ0v) is 13.4. The van der Waals surface area contributed by atoms with Gasteiger partial charge in [-0.2, -0.15) is 4.31 Å². The Bertz CT molecular complexity index is 782. The van der Waals surface area contributed by atoms with Gasteiger partial charge in [-0.05, 0) is 37.6 Å². The number of aromatic nitrogens is 1. The number of likely N-dealkylation sites (N-methyl/N-ethyl adjacent to an activating group) is 1. The van der Waals surface area contributed by atoms with Gasteiger partial charge in [-0.15, -0.1) is 0 Å². The molecular formula is C16H20N2O2S. The van der Waals surface area contributed by atoms with Crippen molar-refractivity contribution in [3.63, 3.8) is 0 Å². The van der Waals surface area contributed by atoms with Crippen LogP contribution < -0.4 is 0 Å². The molecule has 0 aliphatic heterocycles. The molecule has 21 heavy (non-hydrogen) atoms. The summed E-state index contributed by atoms with van der Waals surface area (Å²) in [4.78, 5) is 4.61. The first-order valence-corrected chi connectivity index (χ1v) is 8.30. The average molecular weight is 304 g/mol. The van der Waals surface area contributed by atoms with Gasteiger partial charge in [0.05, 0.1) is 10.4 Å². The van der Waals surface area contributed by atoms with Crippen LogP contribution in [0.15, 0.2) is 47.5 Å². The van der Waals surface area contributed by atoms with Gasteiger partial charge in [0.15, 0.2) is 0 Å². The Morgan fingerprint density at radius 2 is 2.05 bits per heavy atom. The van der Waals surface area contributed by atoms with E-state index in [1.165, 1.54) is 4.31 Å². The van der Waals surface area contributed by atoms with Crippen LogP contribution in [0, 0.1) is 6.92 Å². The maximum Gasteiger partial charge on any atom is 0.244 e. The van der Waals surface area contributed by atoms with Crippen molar-refractivity contribution in [3.8, 4) is 0 Å². The van der Waals surface area contributed by atoms with Crippen molar-refractivity contribution >= 4 is 20.9 Å². The molecule has 0 aliphatic rings. The summed E-state index contributed by atoms with van der Waals surface area (Å²) in [5, 5.41) is 0.665. The fourth-order valence-corrected chi connectivity index (χ4v) is 4.01. The largest absolute Gasteiger partial charge is 0.256 e. The average Bonchev–Trinajstić information content (AvgIpc) is 2.44. The zero-order chi connectivity index (χ0) is 15.6. The van der Waals surface area contributed by atoms with Gasteiger partial charge in [0.2, 0.25) is 10.0 Å². The van der Waals surface area contributed by atoms with Crippen molar-refractivity contribution in [1.82, 2.24) is 9.29 Å². The van der Waals surface area contributed by atoms with Gasteiger partial charge in [0.25, 0.3) is 0 Å². The minimum Gasteiger partial charge on any atom is -0.256 e. The van der Waals surface area contributed by atoms with Crippen molar-refractivity contribution in [2.24, 2.45) is 0 Å². The van der Waals surface area contributed by atoms with Crippen LogP contribution in [0.25, 0.3) is 10.9 Å². The molecule has 4 nitrogen and oxygen atoms in total. The summed E-state index contributed by atoms with van der Waals surface area (Å²) in [6.45, 7) is 10.1. The molecule has 1 aromatic carbocycles. The van der Waals surface area contributed by atoms with Crippen molar-refractivity contribution < 1.29 is 8.42 Å². The number of fused-ring (bicyclic) bond motifs is 1. The van der Waals surface area contributed by atoms with Crippen LogP contribution in [0.1, 0.15) is 19.4 Å². The Balaban J connectivity index is 2.65. The molecule has 0 fully saturated rings. The molecule has 0 saturated carbocycles. The fraction of sp³-hybridized carbons (Fsp3) is 0.312. The van der Waals surface area contributed by atoms with E-state index in [1.807, 2.05) is 20.8 Å². The highest BCUT2D eigenvalue weighted by Crippen LogP contribution is 2.27. The molecule has 0 aliphatic carbocycles. The highest BCUT2D eigenvalue weighted by molar-refractivity contribution is 7.89. The van der Waals surface area contributed by atoms with Crippen molar-refractivity contribution in [2.45, 2.75) is 25.7 Å². The Morgan fingerprint density at radius 1 is 1.33 bits per heavy atom. The lowest BCUT2D eigenvalue weighted by molar-refractivity contribution is 0.453. The van der Waals surface area contributed by atoms with Crippen LogP contribution in [0.2, 0.25) is 0 Å². The number of aryl methyl sites for hydroxylation is 1. The van der Waals surface area contributed by atoms with Gasteiger partial charge < -0.3 is 0 Å². The Kier molecular flexibility index (Phi) is 4.44. The topological polar surface area (TPSA) is 50.3 Å². The monoisotopic (exact) mass is 304 g/mol. The van der Waals surface area contributed by atoms with Gasteiger partial charge >= 0.3 is 0 Å². The third-order valence-corrected chi connectivity index (χ3v) is 5.33. The maximum absolute atomic E-state index is 12.9. The summed E-state index contributed by atoms with van der Waals surface area (Å²) in [7, 11) is -3.56. The Labute approximate surface area is 126 Å². The summed E-state index contributed by atoms with van der Waals surface area (Å²) in [5.41, 5.74) is 2.51. The normalized spacial score (nSPS) is 12.0. The number of sulfonamides is 1. The van der Waals surface area contributed by atoms with E-state index in [9.17, 15) is 8.42 Å². The molecule has 0 unspecified atom stereocenters. The third kappa shape index (κ3) is 2.99. The lowest BCUT2D eigenvalue weighted by Gasteiger charge is -2.21. The Hall–Kier alpha value is -1.72. The summed E-state index contributed by atoms with van der Waals surface area (Å²) >= 11 is 0. The lowest BCUT2D eigenvalue weighted by atomic mass is 10.1. The van der Waals surface area contributed by atoms with Gasteiger partial charge in [0.1, 0.15) is 0 Å². The molecule has 0 N–H and O–H groups in total. The van der Waals surface area contributed by atoms with E-state index in [0.717, 1.165) is 16.7 Å². The summed E-state index contributed by atoms with van der Waals surface area (Å²) in [6.07, 6.45) is 1.68. The molecule has 0 atom stereocenters. The van der Waals surface area contributed by atoms with Gasteiger partial charge in [-0.1, -0.05) is 25.1 Å². The minimum atomic E-state index is -3.56. The van der Waals surface area contributed by atoms with Crippen LogP contribution in [0.4, 0.5) is 0 Å². The smallest absolute Gasteiger partial charge is 0.244 e. The SMILES string of the molecule is C=C(C)CN(CC)S(=O)(=O)c1ccc(C)c2ncccc12. The van der Waals surface area contributed by atoms with Crippen LogP contribution in [-0.4, -0.2) is 30.8 Å². The number of benzene rings is 1. The number of pyridine rings is 1. The van der Waals surface area contributed by atoms with Crippen molar-refractivity contribution in [3.05, 3.63) is 48.2 Å². The van der Waals surface area contributed by atoms with E-state index in [1.54, 1.807) is 30.5 Å². The van der Waals surface area contributed by atoms with Gasteiger partial charge in [0, 0.05) is 24.7 Å². The summed E-state index contributed by atoms with van der Waals surface area (Å²) in [5.74, 6) is 0. The molecule has 1 aromatic heterocycles. The second-order valence-electron chi connectivity index (χ2n) is 5.17. The van der Waals surface area contributed by atoms with Gasteiger partial charge in [-0.3, -0.25) is 4.98 Å².